The predicted molar refractivity (Wildman–Crippen MR) is 67.7 cm³/mol. The van der Waals surface area contributed by atoms with Gasteiger partial charge in [-0.05, 0) is 19.1 Å². The third-order valence-corrected chi connectivity index (χ3v) is 3.10. The lowest BCUT2D eigenvalue weighted by atomic mass is 10.0. The minimum Gasteiger partial charge on any atom is -0.481 e. The standard InChI is InChI=1S/C12H10ClFN2O3/c1-6-8(5-11(17)18)12(19)16(15-6)7-2-3-9(13)10(14)4-7/h2-4,8H,5H2,1H3,(H,17,18). The molecule has 1 N–H and O–H groups in total. The molecule has 0 saturated heterocycles. The van der Waals surface area contributed by atoms with Gasteiger partial charge < -0.3 is 5.11 Å². The van der Waals surface area contributed by atoms with Crippen molar-refractivity contribution in [1.82, 2.24) is 0 Å². The Labute approximate surface area is 113 Å². The van der Waals surface area contributed by atoms with E-state index in [1.54, 1.807) is 6.92 Å². The summed E-state index contributed by atoms with van der Waals surface area (Å²) in [5, 5.41) is 13.7. The zero-order chi connectivity index (χ0) is 14.2. The van der Waals surface area contributed by atoms with Gasteiger partial charge in [-0.2, -0.15) is 5.10 Å². The van der Waals surface area contributed by atoms with Gasteiger partial charge in [0.2, 0.25) is 0 Å². The number of carboxylic acids is 1. The summed E-state index contributed by atoms with van der Waals surface area (Å²) in [6.07, 6.45) is -0.333. The van der Waals surface area contributed by atoms with Crippen LogP contribution in [0.4, 0.5) is 10.1 Å². The van der Waals surface area contributed by atoms with E-state index < -0.39 is 23.6 Å². The molecule has 19 heavy (non-hydrogen) atoms. The molecule has 0 bridgehead atoms. The number of aliphatic carboxylic acids is 1. The molecule has 0 aliphatic carbocycles. The molecule has 1 aromatic rings. The molecule has 1 atom stereocenters. The summed E-state index contributed by atoms with van der Waals surface area (Å²) in [7, 11) is 0. The minimum absolute atomic E-state index is 0.0572. The number of carbonyl (C=O) groups excluding carboxylic acids is 1. The summed E-state index contributed by atoms with van der Waals surface area (Å²) in [4.78, 5) is 22.7. The minimum atomic E-state index is -1.09. The zero-order valence-electron chi connectivity index (χ0n) is 9.93. The highest BCUT2D eigenvalue weighted by atomic mass is 35.5. The van der Waals surface area contributed by atoms with Crippen LogP contribution in [0.1, 0.15) is 13.3 Å². The van der Waals surface area contributed by atoms with Crippen LogP contribution < -0.4 is 5.01 Å². The normalized spacial score (nSPS) is 18.7. The number of benzene rings is 1. The predicted octanol–water partition coefficient (Wildman–Crippen LogP) is 2.29. The Morgan fingerprint density at radius 3 is 2.84 bits per heavy atom. The number of anilines is 1. The van der Waals surface area contributed by atoms with Gasteiger partial charge in [-0.1, -0.05) is 11.6 Å². The van der Waals surface area contributed by atoms with Crippen LogP contribution in [0, 0.1) is 11.7 Å². The van der Waals surface area contributed by atoms with Crippen LogP contribution in [-0.2, 0) is 9.59 Å². The fourth-order valence-electron chi connectivity index (χ4n) is 1.81. The Kier molecular flexibility index (Phi) is 3.53. The highest BCUT2D eigenvalue weighted by molar-refractivity contribution is 6.30. The summed E-state index contributed by atoms with van der Waals surface area (Å²) >= 11 is 5.56. The van der Waals surface area contributed by atoms with E-state index >= 15 is 0 Å². The lowest BCUT2D eigenvalue weighted by molar-refractivity contribution is -0.139. The first kappa shape index (κ1) is 13.5. The number of nitrogens with zero attached hydrogens (tertiary/aromatic N) is 2. The van der Waals surface area contributed by atoms with Gasteiger partial charge in [0.1, 0.15) is 5.82 Å². The first-order chi connectivity index (χ1) is 8.90. The Balaban J connectivity index is 2.30. The summed E-state index contributed by atoms with van der Waals surface area (Å²) in [6.45, 7) is 1.57. The van der Waals surface area contributed by atoms with Crippen molar-refractivity contribution in [2.75, 3.05) is 5.01 Å². The van der Waals surface area contributed by atoms with Crippen LogP contribution in [0.5, 0.6) is 0 Å². The number of rotatable bonds is 3. The molecule has 0 fully saturated rings. The van der Waals surface area contributed by atoms with Gasteiger partial charge in [-0.25, -0.2) is 9.40 Å². The van der Waals surface area contributed by atoms with Crippen molar-refractivity contribution in [2.45, 2.75) is 13.3 Å². The summed E-state index contributed by atoms with van der Waals surface area (Å²) in [6, 6.07) is 3.85. The Morgan fingerprint density at radius 2 is 2.26 bits per heavy atom. The lowest BCUT2D eigenvalue weighted by Crippen LogP contribution is -2.28. The summed E-state index contributed by atoms with van der Waals surface area (Å²) in [5.41, 5.74) is 0.613. The molecular weight excluding hydrogens is 275 g/mol. The molecule has 0 radical (unpaired) electrons. The number of hydrogen-bond acceptors (Lipinski definition) is 3. The van der Waals surface area contributed by atoms with Crippen LogP contribution in [0.15, 0.2) is 23.3 Å². The topological polar surface area (TPSA) is 70.0 Å². The van der Waals surface area contributed by atoms with E-state index in [0.717, 1.165) is 11.1 Å². The van der Waals surface area contributed by atoms with Gasteiger partial charge in [0, 0.05) is 11.8 Å². The smallest absolute Gasteiger partial charge is 0.304 e. The van der Waals surface area contributed by atoms with E-state index in [0.29, 0.717) is 5.71 Å². The molecule has 7 heteroatoms. The van der Waals surface area contributed by atoms with Crippen molar-refractivity contribution in [3.63, 3.8) is 0 Å². The average molecular weight is 285 g/mol. The molecule has 1 aliphatic rings. The van der Waals surface area contributed by atoms with Gasteiger partial charge in [0.25, 0.3) is 5.91 Å². The molecule has 100 valence electrons. The fraction of sp³-hybridized carbons (Fsp3) is 0.250. The molecule has 2 rings (SSSR count). The van der Waals surface area contributed by atoms with E-state index in [9.17, 15) is 14.0 Å². The van der Waals surface area contributed by atoms with Gasteiger partial charge in [0.15, 0.2) is 0 Å². The maximum absolute atomic E-state index is 13.4. The van der Waals surface area contributed by atoms with Crippen molar-refractivity contribution < 1.29 is 19.1 Å². The summed E-state index contributed by atoms with van der Waals surface area (Å²) in [5.74, 6) is -3.04. The Bertz CT molecular complexity index is 588. The molecule has 1 unspecified atom stereocenters. The fourth-order valence-corrected chi connectivity index (χ4v) is 1.93. The van der Waals surface area contributed by atoms with Crippen LogP contribution in [-0.4, -0.2) is 22.7 Å². The second kappa shape index (κ2) is 4.97. The first-order valence-electron chi connectivity index (χ1n) is 5.46. The van der Waals surface area contributed by atoms with Gasteiger partial charge in [0.05, 0.1) is 23.0 Å². The maximum Gasteiger partial charge on any atom is 0.304 e. The van der Waals surface area contributed by atoms with E-state index in [1.807, 2.05) is 0 Å². The monoisotopic (exact) mass is 284 g/mol. The van der Waals surface area contributed by atoms with E-state index in [2.05, 4.69) is 5.10 Å². The van der Waals surface area contributed by atoms with Crippen molar-refractivity contribution in [1.29, 1.82) is 0 Å². The number of amides is 1. The third-order valence-electron chi connectivity index (χ3n) is 2.80. The molecule has 1 heterocycles. The van der Waals surface area contributed by atoms with E-state index in [1.165, 1.54) is 12.1 Å². The van der Waals surface area contributed by atoms with E-state index in [-0.39, 0.29) is 17.1 Å². The Hall–Kier alpha value is -1.95. The SMILES string of the molecule is CC1=NN(c2ccc(Cl)c(F)c2)C(=O)C1CC(=O)O. The molecule has 5 nitrogen and oxygen atoms in total. The van der Waals surface area contributed by atoms with Crippen molar-refractivity contribution in [2.24, 2.45) is 11.0 Å². The van der Waals surface area contributed by atoms with Gasteiger partial charge >= 0.3 is 5.97 Å². The molecule has 1 aromatic carbocycles. The Morgan fingerprint density at radius 1 is 1.58 bits per heavy atom. The van der Waals surface area contributed by atoms with Gasteiger partial charge in [-0.15, -0.1) is 0 Å². The quantitative estimate of drug-likeness (QED) is 0.926. The molecule has 0 spiro atoms. The maximum atomic E-state index is 13.4. The molecular formula is C12H10ClFN2O3. The number of halogens is 2. The number of carboxylic acid groups (broad SMARTS) is 1. The number of hydrogen-bond donors (Lipinski definition) is 1. The average Bonchev–Trinajstić information content (AvgIpc) is 2.60. The lowest BCUT2D eigenvalue weighted by Gasteiger charge is -2.13. The summed E-state index contributed by atoms with van der Waals surface area (Å²) < 4.78 is 13.4. The van der Waals surface area contributed by atoms with Crippen LogP contribution >= 0.6 is 11.6 Å². The molecule has 0 saturated carbocycles. The van der Waals surface area contributed by atoms with Crippen LogP contribution in [0.3, 0.4) is 0 Å². The second-order valence-corrected chi connectivity index (χ2v) is 4.55. The van der Waals surface area contributed by atoms with Crippen molar-refractivity contribution in [3.8, 4) is 0 Å². The third kappa shape index (κ3) is 2.58. The number of hydrazone groups is 1. The van der Waals surface area contributed by atoms with Crippen molar-refractivity contribution in [3.05, 3.63) is 29.0 Å². The number of carbonyl (C=O) groups is 2. The molecule has 1 amide bonds. The zero-order valence-corrected chi connectivity index (χ0v) is 10.7. The van der Waals surface area contributed by atoms with Crippen LogP contribution in [0.2, 0.25) is 5.02 Å². The second-order valence-electron chi connectivity index (χ2n) is 4.14. The largest absolute Gasteiger partial charge is 0.481 e. The highest BCUT2D eigenvalue weighted by Crippen LogP contribution is 2.28. The van der Waals surface area contributed by atoms with Crippen LogP contribution in [0.25, 0.3) is 0 Å². The molecule has 1 aliphatic heterocycles. The van der Waals surface area contributed by atoms with E-state index in [4.69, 9.17) is 16.7 Å². The highest BCUT2D eigenvalue weighted by Gasteiger charge is 2.36. The molecule has 0 aromatic heterocycles. The first-order valence-corrected chi connectivity index (χ1v) is 5.84. The van der Waals surface area contributed by atoms with Crippen molar-refractivity contribution >= 4 is 34.9 Å². The van der Waals surface area contributed by atoms with Gasteiger partial charge in [-0.3, -0.25) is 9.59 Å².